The highest BCUT2D eigenvalue weighted by Gasteiger charge is 2.25. The van der Waals surface area contributed by atoms with Gasteiger partial charge in [0.25, 0.3) is 0 Å². The van der Waals surface area contributed by atoms with Crippen molar-refractivity contribution in [2.45, 2.75) is 13.8 Å². The minimum absolute atomic E-state index is 0.195. The topological polar surface area (TPSA) is 81.0 Å². The lowest BCUT2D eigenvalue weighted by Crippen LogP contribution is -2.13. The maximum Gasteiger partial charge on any atom is 0.355 e. The Labute approximate surface area is 127 Å². The van der Waals surface area contributed by atoms with Crippen LogP contribution in [0.5, 0.6) is 0 Å². The molecule has 6 heteroatoms. The summed E-state index contributed by atoms with van der Waals surface area (Å²) in [6, 6.07) is 8.90. The number of halogens is 1. The molecule has 0 saturated heterocycles. The summed E-state index contributed by atoms with van der Waals surface area (Å²) in [6.07, 6.45) is 0. The van der Waals surface area contributed by atoms with Crippen LogP contribution in [0.25, 0.3) is 5.69 Å². The fourth-order valence-corrected chi connectivity index (χ4v) is 2.36. The lowest BCUT2D eigenvalue weighted by atomic mass is 10.2. The van der Waals surface area contributed by atoms with Gasteiger partial charge in [0, 0.05) is 16.3 Å². The summed E-state index contributed by atoms with van der Waals surface area (Å²) < 4.78 is 6.55. The first-order valence-electron chi connectivity index (χ1n) is 6.35. The van der Waals surface area contributed by atoms with Crippen molar-refractivity contribution in [3.05, 3.63) is 46.1 Å². The van der Waals surface area contributed by atoms with Crippen molar-refractivity contribution in [2.24, 2.45) is 0 Å². The first-order chi connectivity index (χ1) is 10.0. The first-order valence-corrected chi connectivity index (χ1v) is 6.73. The Kier molecular flexibility index (Phi) is 4.20. The Morgan fingerprint density at radius 3 is 2.81 bits per heavy atom. The molecule has 0 spiro atoms. The normalized spacial score (nSPS) is 10.2. The van der Waals surface area contributed by atoms with Crippen LogP contribution in [0.4, 0.5) is 5.82 Å². The van der Waals surface area contributed by atoms with E-state index in [0.29, 0.717) is 16.3 Å². The molecule has 0 atom stereocenters. The van der Waals surface area contributed by atoms with Gasteiger partial charge in [0.15, 0.2) is 0 Å². The average Bonchev–Trinajstić information content (AvgIpc) is 2.70. The highest BCUT2D eigenvalue weighted by Crippen LogP contribution is 2.29. The van der Waals surface area contributed by atoms with Gasteiger partial charge < -0.3 is 10.5 Å². The lowest BCUT2D eigenvalue weighted by molar-refractivity contribution is 0.0516. The number of benzene rings is 1. The van der Waals surface area contributed by atoms with Gasteiger partial charge >= 0.3 is 5.97 Å². The molecule has 0 radical (unpaired) electrons. The van der Waals surface area contributed by atoms with Gasteiger partial charge in [0.2, 0.25) is 0 Å². The van der Waals surface area contributed by atoms with Crippen molar-refractivity contribution >= 4 is 23.4 Å². The minimum Gasteiger partial charge on any atom is -0.461 e. The summed E-state index contributed by atoms with van der Waals surface area (Å²) >= 11 is 5.99. The summed E-state index contributed by atoms with van der Waals surface area (Å²) in [4.78, 5) is 12.2. The summed E-state index contributed by atoms with van der Waals surface area (Å²) in [5.41, 5.74) is 7.63. The molecule has 0 saturated carbocycles. The van der Waals surface area contributed by atoms with E-state index in [1.807, 2.05) is 6.07 Å². The van der Waals surface area contributed by atoms with Gasteiger partial charge in [-0.15, -0.1) is 0 Å². The number of nitrogens with two attached hydrogens (primary N) is 1. The van der Waals surface area contributed by atoms with Gasteiger partial charge in [-0.2, -0.15) is 5.26 Å². The summed E-state index contributed by atoms with van der Waals surface area (Å²) in [7, 11) is 0. The van der Waals surface area contributed by atoms with Crippen LogP contribution >= 0.6 is 11.6 Å². The molecule has 2 N–H and O–H groups in total. The molecular formula is C15H14ClN3O2. The van der Waals surface area contributed by atoms with Crippen molar-refractivity contribution in [1.82, 2.24) is 4.57 Å². The second kappa shape index (κ2) is 5.90. The van der Waals surface area contributed by atoms with E-state index in [1.165, 1.54) is 4.57 Å². The van der Waals surface area contributed by atoms with Gasteiger partial charge in [-0.25, -0.2) is 4.79 Å². The third-order valence-corrected chi connectivity index (χ3v) is 3.33. The molecule has 1 heterocycles. The van der Waals surface area contributed by atoms with Crippen molar-refractivity contribution in [3.8, 4) is 11.8 Å². The van der Waals surface area contributed by atoms with E-state index in [-0.39, 0.29) is 23.7 Å². The highest BCUT2D eigenvalue weighted by atomic mass is 35.5. The quantitative estimate of drug-likeness (QED) is 0.884. The Hall–Kier alpha value is -2.45. The van der Waals surface area contributed by atoms with E-state index in [2.05, 4.69) is 0 Å². The van der Waals surface area contributed by atoms with Crippen molar-refractivity contribution < 1.29 is 9.53 Å². The molecule has 0 aliphatic rings. The molecule has 0 aliphatic heterocycles. The lowest BCUT2D eigenvalue weighted by Gasteiger charge is -2.11. The standard InChI is InChI=1S/C15H14ClN3O2/c1-3-21-15(20)13-9(2)12(8-17)14(18)19(13)11-6-4-5-10(16)7-11/h4-7H,3,18H2,1-2H3. The van der Waals surface area contributed by atoms with E-state index < -0.39 is 5.97 Å². The second-order valence-corrected chi connectivity index (χ2v) is 4.82. The average molecular weight is 304 g/mol. The predicted octanol–water partition coefficient (Wildman–Crippen LogP) is 3.07. The molecule has 2 rings (SSSR count). The molecule has 21 heavy (non-hydrogen) atoms. The maximum atomic E-state index is 12.2. The first kappa shape index (κ1) is 14.9. The van der Waals surface area contributed by atoms with Crippen LogP contribution < -0.4 is 5.73 Å². The van der Waals surface area contributed by atoms with E-state index in [4.69, 9.17) is 22.1 Å². The molecule has 5 nitrogen and oxygen atoms in total. The number of carbonyl (C=O) groups is 1. The molecule has 0 fully saturated rings. The van der Waals surface area contributed by atoms with Crippen LogP contribution in [0, 0.1) is 18.3 Å². The highest BCUT2D eigenvalue weighted by molar-refractivity contribution is 6.30. The fourth-order valence-electron chi connectivity index (χ4n) is 2.18. The number of hydrogen-bond donors (Lipinski definition) is 1. The molecule has 2 aromatic rings. The molecule has 0 bridgehead atoms. The number of aromatic nitrogens is 1. The van der Waals surface area contributed by atoms with Crippen LogP contribution in [0.3, 0.4) is 0 Å². The SMILES string of the molecule is CCOC(=O)c1c(C)c(C#N)c(N)n1-c1cccc(Cl)c1. The summed E-state index contributed by atoms with van der Waals surface area (Å²) in [5, 5.41) is 9.73. The fraction of sp³-hybridized carbons (Fsp3) is 0.200. The number of ether oxygens (including phenoxy) is 1. The molecule has 0 aliphatic carbocycles. The van der Waals surface area contributed by atoms with Gasteiger partial charge in [0.05, 0.1) is 12.2 Å². The minimum atomic E-state index is -0.525. The largest absolute Gasteiger partial charge is 0.461 e. The van der Waals surface area contributed by atoms with Crippen LogP contribution in [-0.4, -0.2) is 17.1 Å². The van der Waals surface area contributed by atoms with E-state index in [1.54, 1.807) is 38.1 Å². The number of nitrogen functional groups attached to an aromatic ring is 1. The second-order valence-electron chi connectivity index (χ2n) is 4.38. The molecule has 1 aromatic heterocycles. The Balaban J connectivity index is 2.75. The maximum absolute atomic E-state index is 12.2. The summed E-state index contributed by atoms with van der Waals surface area (Å²) in [6.45, 7) is 3.62. The van der Waals surface area contributed by atoms with Crippen LogP contribution in [0.2, 0.25) is 5.02 Å². The smallest absolute Gasteiger partial charge is 0.355 e. The molecular weight excluding hydrogens is 290 g/mol. The van der Waals surface area contributed by atoms with Gasteiger partial charge in [-0.3, -0.25) is 4.57 Å². The number of nitriles is 1. The van der Waals surface area contributed by atoms with Crippen LogP contribution in [0.1, 0.15) is 28.5 Å². The number of hydrogen-bond acceptors (Lipinski definition) is 4. The zero-order valence-corrected chi connectivity index (χ0v) is 12.4. The Morgan fingerprint density at radius 1 is 1.52 bits per heavy atom. The van der Waals surface area contributed by atoms with Crippen molar-refractivity contribution in [3.63, 3.8) is 0 Å². The number of nitrogens with zero attached hydrogens (tertiary/aromatic N) is 2. The van der Waals surface area contributed by atoms with Gasteiger partial charge in [-0.05, 0) is 32.0 Å². The molecule has 108 valence electrons. The third kappa shape index (κ3) is 2.58. The zero-order chi connectivity index (χ0) is 15.6. The molecule has 1 aromatic carbocycles. The van der Waals surface area contributed by atoms with Gasteiger partial charge in [0.1, 0.15) is 17.6 Å². The van der Waals surface area contributed by atoms with E-state index in [0.717, 1.165) is 0 Å². The van der Waals surface area contributed by atoms with Gasteiger partial charge in [-0.1, -0.05) is 17.7 Å². The van der Waals surface area contributed by atoms with E-state index in [9.17, 15) is 10.1 Å². The predicted molar refractivity (Wildman–Crippen MR) is 80.6 cm³/mol. The third-order valence-electron chi connectivity index (χ3n) is 3.10. The monoisotopic (exact) mass is 303 g/mol. The number of anilines is 1. The van der Waals surface area contributed by atoms with Crippen molar-refractivity contribution in [1.29, 1.82) is 5.26 Å². The summed E-state index contributed by atoms with van der Waals surface area (Å²) in [5.74, 6) is -0.330. The van der Waals surface area contributed by atoms with E-state index >= 15 is 0 Å². The van der Waals surface area contributed by atoms with Crippen LogP contribution in [0.15, 0.2) is 24.3 Å². The number of esters is 1. The number of rotatable bonds is 3. The van der Waals surface area contributed by atoms with Crippen LogP contribution in [-0.2, 0) is 4.74 Å². The Bertz CT molecular complexity index is 744. The zero-order valence-electron chi connectivity index (χ0n) is 11.7. The van der Waals surface area contributed by atoms with Crippen molar-refractivity contribution in [2.75, 3.05) is 12.3 Å². The number of carbonyl (C=O) groups excluding carboxylic acids is 1. The molecule has 0 amide bonds. The molecule has 0 unspecified atom stereocenters. The Morgan fingerprint density at radius 2 is 2.24 bits per heavy atom.